The van der Waals surface area contributed by atoms with Crippen LogP contribution in [0.2, 0.25) is 0 Å². The van der Waals surface area contributed by atoms with Gasteiger partial charge < -0.3 is 0 Å². The van der Waals surface area contributed by atoms with E-state index in [0.29, 0.717) is 11.8 Å². The second-order valence-electron chi connectivity index (χ2n) is 9.56. The van der Waals surface area contributed by atoms with Gasteiger partial charge in [0.2, 0.25) is 0 Å². The maximum Gasteiger partial charge on any atom is 0.131 e. The molecule has 0 nitrogen and oxygen atoms in total. The molecule has 0 aromatic heterocycles. The average Bonchev–Trinajstić information content (AvgIpc) is 2.79. The van der Waals surface area contributed by atoms with Gasteiger partial charge in [0.25, 0.3) is 0 Å². The van der Waals surface area contributed by atoms with Crippen molar-refractivity contribution in [2.75, 3.05) is 0 Å². The number of halogens is 1. The molecular weight excluding hydrogens is 355 g/mol. The molecule has 0 heterocycles. The second-order valence-corrected chi connectivity index (χ2v) is 9.56. The van der Waals surface area contributed by atoms with E-state index in [1.807, 2.05) is 6.07 Å². The van der Waals surface area contributed by atoms with Gasteiger partial charge in [-0.2, -0.15) is 0 Å². The summed E-state index contributed by atoms with van der Waals surface area (Å²) < 4.78 is 14.9. The van der Waals surface area contributed by atoms with Gasteiger partial charge in [-0.1, -0.05) is 81.8 Å². The summed E-state index contributed by atoms with van der Waals surface area (Å²) in [5.41, 5.74) is 4.40. The van der Waals surface area contributed by atoms with Crippen molar-refractivity contribution in [3.05, 3.63) is 59.4 Å². The highest BCUT2D eigenvalue weighted by atomic mass is 19.1. The van der Waals surface area contributed by atoms with E-state index < -0.39 is 0 Å². The first-order chi connectivity index (χ1) is 14.2. The molecule has 2 aliphatic rings. The highest BCUT2D eigenvalue weighted by Crippen LogP contribution is 2.39. The first-order valence-electron chi connectivity index (χ1n) is 12.1. The lowest BCUT2D eigenvalue weighted by atomic mass is 9.77. The molecule has 0 atom stereocenters. The van der Waals surface area contributed by atoms with E-state index in [1.54, 1.807) is 6.07 Å². The molecule has 2 aliphatic carbocycles. The number of hydrogen-bond donors (Lipinski definition) is 0. The van der Waals surface area contributed by atoms with Gasteiger partial charge in [0.05, 0.1) is 0 Å². The number of unbranched alkanes of at least 4 members (excludes halogenated alkanes) is 1. The third-order valence-electron chi connectivity index (χ3n) is 7.58. The minimum atomic E-state index is -0.0581. The summed E-state index contributed by atoms with van der Waals surface area (Å²) in [7, 11) is 0. The zero-order chi connectivity index (χ0) is 20.1. The molecule has 0 aliphatic heterocycles. The van der Waals surface area contributed by atoms with Crippen molar-refractivity contribution in [2.24, 2.45) is 5.92 Å². The highest BCUT2D eigenvalue weighted by Gasteiger charge is 2.22. The molecule has 156 valence electrons. The molecule has 0 amide bonds. The number of hydrogen-bond acceptors (Lipinski definition) is 0. The molecule has 1 heteroatoms. The molecule has 0 saturated heterocycles. The van der Waals surface area contributed by atoms with Gasteiger partial charge in [0, 0.05) is 5.56 Å². The molecular formula is C28H37F. The lowest BCUT2D eigenvalue weighted by Gasteiger charge is -2.29. The molecule has 29 heavy (non-hydrogen) atoms. The zero-order valence-corrected chi connectivity index (χ0v) is 18.1. The Labute approximate surface area is 176 Å². The Morgan fingerprint density at radius 3 is 2.07 bits per heavy atom. The molecule has 0 N–H and O–H groups in total. The summed E-state index contributed by atoms with van der Waals surface area (Å²) in [6.45, 7) is 2.29. The smallest absolute Gasteiger partial charge is 0.131 e. The number of rotatable bonds is 6. The van der Waals surface area contributed by atoms with Crippen molar-refractivity contribution in [2.45, 2.75) is 95.8 Å². The standard InChI is InChI=1S/C28H37F/c1-2-3-7-21-10-12-23(13-11-21)24-14-16-25(17-15-24)27-19-18-26(20-28(27)29)22-8-5-4-6-9-22/h14-23H,2-13H2,1H3. The largest absolute Gasteiger partial charge is 0.206 e. The van der Waals surface area contributed by atoms with Crippen molar-refractivity contribution >= 4 is 0 Å². The Morgan fingerprint density at radius 2 is 1.41 bits per heavy atom. The van der Waals surface area contributed by atoms with Gasteiger partial charge >= 0.3 is 0 Å². The van der Waals surface area contributed by atoms with Crippen molar-refractivity contribution in [1.29, 1.82) is 0 Å². The Morgan fingerprint density at radius 1 is 0.759 bits per heavy atom. The quantitative estimate of drug-likeness (QED) is 0.460. The van der Waals surface area contributed by atoms with E-state index in [9.17, 15) is 4.39 Å². The number of benzene rings is 2. The van der Waals surface area contributed by atoms with Crippen LogP contribution in [0.5, 0.6) is 0 Å². The Balaban J connectivity index is 1.40. The Bertz CT molecular complexity index is 761. The first kappa shape index (κ1) is 20.6. The molecule has 4 rings (SSSR count). The summed E-state index contributed by atoms with van der Waals surface area (Å²) in [6, 6.07) is 14.8. The van der Waals surface area contributed by atoms with Crippen molar-refractivity contribution < 1.29 is 4.39 Å². The topological polar surface area (TPSA) is 0 Å². The lowest BCUT2D eigenvalue weighted by Crippen LogP contribution is -2.13. The van der Waals surface area contributed by atoms with E-state index in [4.69, 9.17) is 0 Å². The van der Waals surface area contributed by atoms with Crippen LogP contribution >= 0.6 is 0 Å². The zero-order valence-electron chi connectivity index (χ0n) is 18.1. The maximum absolute atomic E-state index is 14.9. The van der Waals surface area contributed by atoms with Crippen molar-refractivity contribution in [1.82, 2.24) is 0 Å². The van der Waals surface area contributed by atoms with Gasteiger partial charge in [0.15, 0.2) is 0 Å². The fourth-order valence-electron chi connectivity index (χ4n) is 5.67. The Hall–Kier alpha value is -1.63. The summed E-state index contributed by atoms with van der Waals surface area (Å²) in [5, 5.41) is 0. The van der Waals surface area contributed by atoms with Gasteiger partial charge in [-0.3, -0.25) is 0 Å². The fraction of sp³-hybridized carbons (Fsp3) is 0.571. The van der Waals surface area contributed by atoms with Crippen LogP contribution in [-0.2, 0) is 0 Å². The predicted octanol–water partition coefficient (Wildman–Crippen LogP) is 9.00. The monoisotopic (exact) mass is 392 g/mol. The maximum atomic E-state index is 14.9. The van der Waals surface area contributed by atoms with Crippen LogP contribution in [0.1, 0.15) is 107 Å². The molecule has 0 unspecified atom stereocenters. The summed E-state index contributed by atoms with van der Waals surface area (Å²) in [6.07, 6.45) is 15.9. The summed E-state index contributed by atoms with van der Waals surface area (Å²) in [4.78, 5) is 0. The minimum absolute atomic E-state index is 0.0581. The third kappa shape index (κ3) is 5.11. The van der Waals surface area contributed by atoms with Crippen LogP contribution in [0.25, 0.3) is 11.1 Å². The first-order valence-corrected chi connectivity index (χ1v) is 12.1. The normalized spacial score (nSPS) is 23.2. The van der Waals surface area contributed by atoms with E-state index in [-0.39, 0.29) is 5.82 Å². The van der Waals surface area contributed by atoms with Gasteiger partial charge in [-0.15, -0.1) is 0 Å². The van der Waals surface area contributed by atoms with Crippen LogP contribution in [0.15, 0.2) is 42.5 Å². The van der Waals surface area contributed by atoms with E-state index in [1.165, 1.54) is 88.2 Å². The molecule has 0 radical (unpaired) electrons. The van der Waals surface area contributed by atoms with E-state index in [0.717, 1.165) is 17.0 Å². The molecule has 2 saturated carbocycles. The van der Waals surface area contributed by atoms with Crippen LogP contribution in [0, 0.1) is 11.7 Å². The van der Waals surface area contributed by atoms with Gasteiger partial charge in [0.1, 0.15) is 5.82 Å². The van der Waals surface area contributed by atoms with Crippen LogP contribution in [-0.4, -0.2) is 0 Å². The second kappa shape index (κ2) is 9.92. The van der Waals surface area contributed by atoms with Gasteiger partial charge in [-0.25, -0.2) is 4.39 Å². The van der Waals surface area contributed by atoms with Crippen molar-refractivity contribution in [3.63, 3.8) is 0 Å². The molecule has 2 aromatic carbocycles. The fourth-order valence-corrected chi connectivity index (χ4v) is 5.67. The lowest BCUT2D eigenvalue weighted by molar-refractivity contribution is 0.304. The summed E-state index contributed by atoms with van der Waals surface area (Å²) in [5.74, 6) is 2.14. The predicted molar refractivity (Wildman–Crippen MR) is 122 cm³/mol. The van der Waals surface area contributed by atoms with Crippen molar-refractivity contribution in [3.8, 4) is 11.1 Å². The van der Waals surface area contributed by atoms with Crippen LogP contribution in [0.4, 0.5) is 4.39 Å². The average molecular weight is 393 g/mol. The third-order valence-corrected chi connectivity index (χ3v) is 7.58. The molecule has 2 aromatic rings. The van der Waals surface area contributed by atoms with E-state index >= 15 is 0 Å². The highest BCUT2D eigenvalue weighted by molar-refractivity contribution is 5.65. The molecule has 0 bridgehead atoms. The minimum Gasteiger partial charge on any atom is -0.206 e. The SMILES string of the molecule is CCCCC1CCC(c2ccc(-c3ccc(C4CCCCC4)cc3F)cc2)CC1. The Kier molecular flexibility index (Phi) is 7.06. The van der Waals surface area contributed by atoms with Crippen LogP contribution in [0.3, 0.4) is 0 Å². The van der Waals surface area contributed by atoms with E-state index in [2.05, 4.69) is 37.3 Å². The van der Waals surface area contributed by atoms with Crippen LogP contribution < -0.4 is 0 Å². The van der Waals surface area contributed by atoms with Gasteiger partial charge in [-0.05, 0) is 79.0 Å². The molecule has 2 fully saturated rings. The molecule has 0 spiro atoms. The summed E-state index contributed by atoms with van der Waals surface area (Å²) >= 11 is 0.